The smallest absolute Gasteiger partial charge is 0.328 e. The summed E-state index contributed by atoms with van der Waals surface area (Å²) in [5, 5.41) is 0. The molecule has 1 saturated carbocycles. The highest BCUT2D eigenvalue weighted by Gasteiger charge is 2.34. The summed E-state index contributed by atoms with van der Waals surface area (Å²) in [5.41, 5.74) is 0.511. The van der Waals surface area contributed by atoms with Gasteiger partial charge in [-0.2, -0.15) is 13.2 Å². The van der Waals surface area contributed by atoms with Gasteiger partial charge in [0, 0.05) is 18.8 Å². The number of hydrogen-bond donors (Lipinski definition) is 0. The molecule has 1 heterocycles. The molecule has 1 aromatic heterocycles. The monoisotopic (exact) mass is 316 g/mol. The molecule has 1 aromatic carbocycles. The second kappa shape index (κ2) is 5.20. The first kappa shape index (κ1) is 14.7. The summed E-state index contributed by atoms with van der Waals surface area (Å²) in [7, 11) is 0. The minimum absolute atomic E-state index is 0.401. The predicted molar refractivity (Wildman–Crippen MR) is 76.4 cm³/mol. The molecule has 0 aliphatic heterocycles. The first-order valence-corrected chi connectivity index (χ1v) is 7.56. The van der Waals surface area contributed by atoms with Crippen LogP contribution in [0, 0.1) is 11.8 Å². The maximum absolute atomic E-state index is 12.8. The lowest BCUT2D eigenvalue weighted by Crippen LogP contribution is -2.07. The van der Waals surface area contributed by atoms with Crippen LogP contribution in [0.4, 0.5) is 13.2 Å². The normalized spacial score (nSPS) is 22.0. The van der Waals surface area contributed by atoms with Gasteiger partial charge in [0.25, 0.3) is 0 Å². The van der Waals surface area contributed by atoms with Gasteiger partial charge < -0.3 is 4.57 Å². The second-order valence-electron chi connectivity index (χ2n) is 5.75. The molecule has 1 fully saturated rings. The molecule has 0 saturated heterocycles. The summed E-state index contributed by atoms with van der Waals surface area (Å²) in [5.74, 6) is 2.47. The third kappa shape index (κ3) is 2.89. The highest BCUT2D eigenvalue weighted by molar-refractivity contribution is 6.17. The van der Waals surface area contributed by atoms with Gasteiger partial charge in [-0.3, -0.25) is 0 Å². The largest absolute Gasteiger partial charge is 0.416 e. The van der Waals surface area contributed by atoms with Crippen LogP contribution in [0.3, 0.4) is 0 Å². The van der Waals surface area contributed by atoms with Gasteiger partial charge in [0.15, 0.2) is 0 Å². The molecule has 1 aliphatic carbocycles. The third-order valence-corrected chi connectivity index (χ3v) is 4.35. The lowest BCUT2D eigenvalue weighted by atomic mass is 10.2. The summed E-state index contributed by atoms with van der Waals surface area (Å²) in [4.78, 5) is 4.36. The maximum atomic E-state index is 12.8. The Kier molecular flexibility index (Phi) is 3.64. The molecule has 0 radical (unpaired) electrons. The Morgan fingerprint density at radius 2 is 2.10 bits per heavy atom. The van der Waals surface area contributed by atoms with Gasteiger partial charge in [0.1, 0.15) is 5.82 Å². The molecule has 0 amide bonds. The van der Waals surface area contributed by atoms with E-state index in [2.05, 4.69) is 11.9 Å². The van der Waals surface area contributed by atoms with Crippen LogP contribution in [0.15, 0.2) is 18.2 Å². The molecule has 1 aliphatic rings. The summed E-state index contributed by atoms with van der Waals surface area (Å²) in [6.45, 7) is 3.00. The van der Waals surface area contributed by atoms with Gasteiger partial charge in [0.05, 0.1) is 16.6 Å². The van der Waals surface area contributed by atoms with Crippen molar-refractivity contribution in [2.45, 2.75) is 32.5 Å². The van der Waals surface area contributed by atoms with Gasteiger partial charge in [-0.25, -0.2) is 4.98 Å². The van der Waals surface area contributed by atoms with E-state index in [-0.39, 0.29) is 0 Å². The Balaban J connectivity index is 2.04. The van der Waals surface area contributed by atoms with Crippen molar-refractivity contribution in [1.82, 2.24) is 9.55 Å². The zero-order valence-corrected chi connectivity index (χ0v) is 12.4. The first-order chi connectivity index (χ1) is 9.90. The average molecular weight is 317 g/mol. The Hall–Kier alpha value is -1.23. The lowest BCUT2D eigenvalue weighted by molar-refractivity contribution is -0.137. The fourth-order valence-corrected chi connectivity index (χ4v) is 2.89. The highest BCUT2D eigenvalue weighted by atomic mass is 35.5. The quantitative estimate of drug-likeness (QED) is 0.760. The van der Waals surface area contributed by atoms with Gasteiger partial charge in [0.2, 0.25) is 0 Å². The second-order valence-corrected chi connectivity index (χ2v) is 6.13. The van der Waals surface area contributed by atoms with Crippen LogP contribution in [0.25, 0.3) is 11.0 Å². The Morgan fingerprint density at radius 3 is 2.67 bits per heavy atom. The molecule has 114 valence electrons. The lowest BCUT2D eigenvalue weighted by Gasteiger charge is -2.09. The van der Waals surface area contributed by atoms with Gasteiger partial charge in [-0.15, -0.1) is 11.6 Å². The van der Waals surface area contributed by atoms with Crippen molar-refractivity contribution >= 4 is 22.6 Å². The predicted octanol–water partition coefficient (Wildman–Crippen LogP) is 4.49. The number of rotatable bonds is 4. The van der Waals surface area contributed by atoms with Crippen molar-refractivity contribution in [3.63, 3.8) is 0 Å². The van der Waals surface area contributed by atoms with Crippen LogP contribution in [-0.2, 0) is 19.1 Å². The Labute approximate surface area is 125 Å². The summed E-state index contributed by atoms with van der Waals surface area (Å²) in [6.07, 6.45) is -2.60. The number of aromatic nitrogens is 2. The van der Waals surface area contributed by atoms with E-state index >= 15 is 0 Å². The van der Waals surface area contributed by atoms with E-state index in [1.165, 1.54) is 12.5 Å². The summed E-state index contributed by atoms with van der Waals surface area (Å²) < 4.78 is 40.4. The number of fused-ring (bicyclic) bond motifs is 1. The minimum atomic E-state index is -4.34. The zero-order chi connectivity index (χ0) is 15.2. The van der Waals surface area contributed by atoms with Crippen LogP contribution in [0.5, 0.6) is 0 Å². The third-order valence-electron chi connectivity index (χ3n) is 4.17. The molecule has 0 N–H and O–H groups in total. The van der Waals surface area contributed by atoms with Crippen LogP contribution in [0.1, 0.15) is 24.7 Å². The Morgan fingerprint density at radius 1 is 1.38 bits per heavy atom. The number of hydrogen-bond acceptors (Lipinski definition) is 1. The van der Waals surface area contributed by atoms with Gasteiger partial charge in [-0.1, -0.05) is 6.92 Å². The fourth-order valence-electron chi connectivity index (χ4n) is 2.72. The first-order valence-electron chi connectivity index (χ1n) is 7.02. The molecular formula is C15H16ClF3N2. The molecule has 21 heavy (non-hydrogen) atoms. The molecule has 0 spiro atoms. The zero-order valence-electron chi connectivity index (χ0n) is 11.6. The number of benzene rings is 1. The number of aryl methyl sites for hydroxylation is 1. The molecular weight excluding hydrogens is 301 g/mol. The summed E-state index contributed by atoms with van der Waals surface area (Å²) in [6, 6.07) is 3.77. The Bertz CT molecular complexity index is 663. The highest BCUT2D eigenvalue weighted by Crippen LogP contribution is 2.40. The molecule has 2 aromatic rings. The molecule has 3 rings (SSSR count). The van der Waals surface area contributed by atoms with Crippen LogP contribution >= 0.6 is 11.6 Å². The van der Waals surface area contributed by atoms with Crippen molar-refractivity contribution in [3.05, 3.63) is 29.6 Å². The van der Waals surface area contributed by atoms with E-state index in [0.29, 0.717) is 29.7 Å². The van der Waals surface area contributed by atoms with Crippen molar-refractivity contribution in [2.75, 3.05) is 5.88 Å². The van der Waals surface area contributed by atoms with E-state index in [1.807, 2.05) is 4.57 Å². The molecule has 0 bridgehead atoms. The van der Waals surface area contributed by atoms with Crippen molar-refractivity contribution in [1.29, 1.82) is 0 Å². The van der Waals surface area contributed by atoms with Crippen molar-refractivity contribution in [3.8, 4) is 0 Å². The van der Waals surface area contributed by atoms with Crippen LogP contribution in [0.2, 0.25) is 0 Å². The van der Waals surface area contributed by atoms with Gasteiger partial charge >= 0.3 is 6.18 Å². The van der Waals surface area contributed by atoms with Crippen molar-refractivity contribution < 1.29 is 13.2 Å². The standard InChI is InChI=1S/C15H16ClF3N2/c1-9-6-10(9)8-21-13-3-2-11(15(17,18)19)7-12(13)20-14(21)4-5-16/h2-3,7,9-10H,4-6,8H2,1H3. The maximum Gasteiger partial charge on any atom is 0.416 e. The molecule has 2 unspecified atom stereocenters. The topological polar surface area (TPSA) is 17.8 Å². The van der Waals surface area contributed by atoms with E-state index in [1.54, 1.807) is 0 Å². The SMILES string of the molecule is CC1CC1Cn1c(CCCl)nc2cc(C(F)(F)F)ccc21. The molecule has 2 atom stereocenters. The fraction of sp³-hybridized carbons (Fsp3) is 0.533. The van der Waals surface area contributed by atoms with E-state index in [9.17, 15) is 13.2 Å². The number of nitrogens with zero attached hydrogens (tertiary/aromatic N) is 2. The van der Waals surface area contributed by atoms with Gasteiger partial charge in [-0.05, 0) is 36.5 Å². The number of halogens is 4. The number of imidazole rings is 1. The van der Waals surface area contributed by atoms with E-state index in [4.69, 9.17) is 11.6 Å². The van der Waals surface area contributed by atoms with Crippen molar-refractivity contribution in [2.24, 2.45) is 11.8 Å². The van der Waals surface area contributed by atoms with E-state index in [0.717, 1.165) is 30.0 Å². The average Bonchev–Trinajstić information content (AvgIpc) is 2.99. The number of alkyl halides is 4. The minimum Gasteiger partial charge on any atom is -0.328 e. The molecule has 6 heteroatoms. The van der Waals surface area contributed by atoms with Crippen LogP contribution in [-0.4, -0.2) is 15.4 Å². The summed E-state index contributed by atoms with van der Waals surface area (Å²) >= 11 is 5.79. The molecule has 2 nitrogen and oxygen atoms in total. The van der Waals surface area contributed by atoms with Crippen LogP contribution < -0.4 is 0 Å². The van der Waals surface area contributed by atoms with E-state index < -0.39 is 11.7 Å².